The average molecular weight is 285 g/mol. The fraction of sp³-hybridized carbons (Fsp3) is 0.412. The van der Waals surface area contributed by atoms with Crippen molar-refractivity contribution in [3.8, 4) is 0 Å². The lowest BCUT2D eigenvalue weighted by Crippen LogP contribution is -2.36. The Morgan fingerprint density at radius 2 is 2.10 bits per heavy atom. The van der Waals surface area contributed by atoms with Gasteiger partial charge in [0.25, 0.3) is 0 Å². The minimum atomic E-state index is 0.221. The predicted molar refractivity (Wildman–Crippen MR) is 83.6 cm³/mol. The topological polar surface area (TPSA) is 51.3 Å². The fourth-order valence-electron chi connectivity index (χ4n) is 3.16. The molecule has 0 saturated carbocycles. The van der Waals surface area contributed by atoms with Crippen LogP contribution in [0.4, 0.5) is 0 Å². The Bertz CT molecular complexity index is 526. The summed E-state index contributed by atoms with van der Waals surface area (Å²) in [5.41, 5.74) is 5.91. The number of H-pyrrole nitrogens is 1. The molecule has 3 rings (SSSR count). The third kappa shape index (κ3) is 3.53. The van der Waals surface area contributed by atoms with Gasteiger partial charge >= 0.3 is 0 Å². The maximum absolute atomic E-state index is 9.76. The maximum Gasteiger partial charge on any atom is 0.0504 e. The zero-order valence-electron chi connectivity index (χ0n) is 12.2. The molecule has 2 aromatic rings. The number of hydrazine groups is 1. The van der Waals surface area contributed by atoms with Gasteiger partial charge in [-0.2, -0.15) is 0 Å². The van der Waals surface area contributed by atoms with E-state index in [2.05, 4.69) is 33.6 Å². The number of nitrogens with zero attached hydrogens (tertiary/aromatic N) is 1. The molecule has 4 nitrogen and oxygen atoms in total. The second kappa shape index (κ2) is 6.89. The van der Waals surface area contributed by atoms with Crippen LogP contribution < -0.4 is 5.43 Å². The summed E-state index contributed by atoms with van der Waals surface area (Å²) in [6.07, 6.45) is 3.07. The van der Waals surface area contributed by atoms with Crippen LogP contribution in [-0.2, 0) is 6.54 Å². The summed E-state index contributed by atoms with van der Waals surface area (Å²) in [5.74, 6) is 0.747. The van der Waals surface area contributed by atoms with Crippen LogP contribution in [0.25, 0.3) is 0 Å². The van der Waals surface area contributed by atoms with Crippen molar-refractivity contribution in [1.29, 1.82) is 0 Å². The lowest BCUT2D eigenvalue weighted by Gasteiger charge is -2.23. The zero-order chi connectivity index (χ0) is 14.5. The first kappa shape index (κ1) is 14.3. The van der Waals surface area contributed by atoms with E-state index >= 15 is 0 Å². The van der Waals surface area contributed by atoms with E-state index in [-0.39, 0.29) is 12.5 Å². The van der Waals surface area contributed by atoms with Gasteiger partial charge in [0.05, 0.1) is 13.2 Å². The summed E-state index contributed by atoms with van der Waals surface area (Å²) < 4.78 is 0. The number of rotatable bonds is 6. The summed E-state index contributed by atoms with van der Waals surface area (Å²) in [4.78, 5) is 3.20. The molecule has 1 saturated heterocycles. The molecule has 1 aliphatic rings. The van der Waals surface area contributed by atoms with Gasteiger partial charge in [0.1, 0.15) is 0 Å². The molecule has 0 aliphatic carbocycles. The number of benzene rings is 1. The Morgan fingerprint density at radius 1 is 1.24 bits per heavy atom. The van der Waals surface area contributed by atoms with Crippen molar-refractivity contribution in [1.82, 2.24) is 15.4 Å². The molecule has 0 bridgehead atoms. The Morgan fingerprint density at radius 3 is 2.81 bits per heavy atom. The van der Waals surface area contributed by atoms with Gasteiger partial charge in [-0.1, -0.05) is 30.3 Å². The van der Waals surface area contributed by atoms with Crippen LogP contribution >= 0.6 is 0 Å². The molecule has 0 amide bonds. The predicted octanol–water partition coefficient (Wildman–Crippen LogP) is 2.12. The number of aliphatic hydroxyl groups excluding tert-OH is 1. The maximum atomic E-state index is 9.76. The van der Waals surface area contributed by atoms with E-state index in [1.807, 2.05) is 30.5 Å². The molecular formula is C17H23N3O. The van der Waals surface area contributed by atoms with Gasteiger partial charge in [-0.15, -0.1) is 0 Å². The number of hydrogen-bond acceptors (Lipinski definition) is 3. The first-order chi connectivity index (χ1) is 10.4. The lowest BCUT2D eigenvalue weighted by molar-refractivity contribution is 0.194. The smallest absolute Gasteiger partial charge is 0.0504 e. The van der Waals surface area contributed by atoms with E-state index in [0.717, 1.165) is 26.1 Å². The van der Waals surface area contributed by atoms with Crippen LogP contribution in [0.2, 0.25) is 0 Å². The fourth-order valence-corrected chi connectivity index (χ4v) is 3.16. The molecule has 1 aliphatic heterocycles. The summed E-state index contributed by atoms with van der Waals surface area (Å²) in [6.45, 7) is 3.07. The van der Waals surface area contributed by atoms with Gasteiger partial charge < -0.3 is 10.1 Å². The number of nitrogens with one attached hydrogen (secondary N) is 2. The molecule has 1 aromatic heterocycles. The van der Waals surface area contributed by atoms with E-state index in [9.17, 15) is 5.11 Å². The monoisotopic (exact) mass is 285 g/mol. The summed E-state index contributed by atoms with van der Waals surface area (Å²) in [5, 5.41) is 12.0. The number of hydrogen-bond donors (Lipinski definition) is 3. The quantitative estimate of drug-likeness (QED) is 0.762. The molecule has 2 atom stereocenters. The highest BCUT2D eigenvalue weighted by Crippen LogP contribution is 2.31. The first-order valence-electron chi connectivity index (χ1n) is 7.63. The van der Waals surface area contributed by atoms with E-state index in [4.69, 9.17) is 0 Å². The van der Waals surface area contributed by atoms with Crippen molar-refractivity contribution in [3.05, 3.63) is 59.9 Å². The third-order valence-electron chi connectivity index (χ3n) is 4.37. The second-order valence-corrected chi connectivity index (χ2v) is 5.72. The molecule has 21 heavy (non-hydrogen) atoms. The Hall–Kier alpha value is -1.62. The molecule has 2 heterocycles. The Labute approximate surface area is 125 Å². The molecule has 1 unspecified atom stereocenters. The van der Waals surface area contributed by atoms with Crippen molar-refractivity contribution in [2.75, 3.05) is 19.7 Å². The van der Waals surface area contributed by atoms with E-state index in [1.54, 1.807) is 0 Å². The highest BCUT2D eigenvalue weighted by atomic mass is 16.3. The van der Waals surface area contributed by atoms with Crippen molar-refractivity contribution < 1.29 is 5.11 Å². The van der Waals surface area contributed by atoms with Gasteiger partial charge in [-0.25, -0.2) is 10.4 Å². The van der Waals surface area contributed by atoms with Gasteiger partial charge in [0, 0.05) is 30.9 Å². The van der Waals surface area contributed by atoms with Crippen molar-refractivity contribution in [3.63, 3.8) is 0 Å². The Kier molecular flexibility index (Phi) is 4.70. The third-order valence-corrected chi connectivity index (χ3v) is 4.37. The van der Waals surface area contributed by atoms with Crippen LogP contribution in [0, 0.1) is 5.92 Å². The molecule has 1 fully saturated rings. The van der Waals surface area contributed by atoms with Crippen molar-refractivity contribution >= 4 is 0 Å². The van der Waals surface area contributed by atoms with Crippen LogP contribution in [0.5, 0.6) is 0 Å². The van der Waals surface area contributed by atoms with Crippen molar-refractivity contribution in [2.45, 2.75) is 18.9 Å². The summed E-state index contributed by atoms with van der Waals surface area (Å²) in [6, 6.07) is 14.5. The number of aromatic nitrogens is 1. The summed E-state index contributed by atoms with van der Waals surface area (Å²) >= 11 is 0. The largest absolute Gasteiger partial charge is 0.396 e. The zero-order valence-corrected chi connectivity index (χ0v) is 12.2. The van der Waals surface area contributed by atoms with Crippen LogP contribution in [0.1, 0.15) is 23.6 Å². The molecule has 112 valence electrons. The second-order valence-electron chi connectivity index (χ2n) is 5.72. The first-order valence-corrected chi connectivity index (χ1v) is 7.63. The van der Waals surface area contributed by atoms with Crippen LogP contribution in [0.15, 0.2) is 48.7 Å². The minimum absolute atomic E-state index is 0.221. The SMILES string of the molecule is OCC(c1ccccc1)[C@@H]1CCN(NCc2ccc[nH]2)C1. The van der Waals surface area contributed by atoms with Gasteiger partial charge in [0.15, 0.2) is 0 Å². The van der Waals surface area contributed by atoms with E-state index < -0.39 is 0 Å². The number of aromatic amines is 1. The average Bonchev–Trinajstić information content (AvgIpc) is 3.19. The van der Waals surface area contributed by atoms with Crippen molar-refractivity contribution in [2.24, 2.45) is 5.92 Å². The van der Waals surface area contributed by atoms with E-state index in [0.29, 0.717) is 5.92 Å². The normalized spacial score (nSPS) is 20.7. The molecule has 1 aromatic carbocycles. The number of aliphatic hydroxyl groups is 1. The van der Waals surface area contributed by atoms with Gasteiger partial charge in [-0.05, 0) is 30.0 Å². The summed E-state index contributed by atoms with van der Waals surface area (Å²) in [7, 11) is 0. The van der Waals surface area contributed by atoms with E-state index in [1.165, 1.54) is 11.3 Å². The standard InChI is InChI=1S/C17H23N3O/c21-13-17(14-5-2-1-3-6-14)15-8-10-20(12-15)19-11-16-7-4-9-18-16/h1-7,9,15,17-19,21H,8,10-13H2/t15-,17?/m1/s1. The Balaban J connectivity index is 1.55. The van der Waals surface area contributed by atoms with Crippen LogP contribution in [0.3, 0.4) is 0 Å². The molecule has 4 heteroatoms. The molecule has 3 N–H and O–H groups in total. The van der Waals surface area contributed by atoms with Gasteiger partial charge in [-0.3, -0.25) is 0 Å². The highest BCUT2D eigenvalue weighted by Gasteiger charge is 2.29. The molecule has 0 radical (unpaired) electrons. The molecule has 0 spiro atoms. The highest BCUT2D eigenvalue weighted by molar-refractivity contribution is 5.21. The van der Waals surface area contributed by atoms with Gasteiger partial charge in [0.2, 0.25) is 0 Å². The van der Waals surface area contributed by atoms with Crippen LogP contribution in [-0.4, -0.2) is 34.8 Å². The lowest BCUT2D eigenvalue weighted by atomic mass is 9.86. The minimum Gasteiger partial charge on any atom is -0.396 e. The molecular weight excluding hydrogens is 262 g/mol.